The molecule has 0 aromatic heterocycles. The Hall–Kier alpha value is -2.38. The average Bonchev–Trinajstić information content (AvgIpc) is 2.80. The summed E-state index contributed by atoms with van der Waals surface area (Å²) in [6, 6.07) is 9.48. The second-order valence-corrected chi connectivity index (χ2v) is 8.92. The van der Waals surface area contributed by atoms with Crippen LogP contribution in [0, 0.1) is 0 Å². The Bertz CT molecular complexity index is 935. The van der Waals surface area contributed by atoms with Crippen molar-refractivity contribution in [1.82, 2.24) is 0 Å². The van der Waals surface area contributed by atoms with Crippen molar-refractivity contribution < 1.29 is 24.2 Å². The number of aryl methyl sites for hydroxylation is 1. The van der Waals surface area contributed by atoms with Crippen LogP contribution in [0.15, 0.2) is 40.4 Å². The minimum Gasteiger partial charge on any atom is -0.507 e. The van der Waals surface area contributed by atoms with Crippen LogP contribution in [0.4, 0.5) is 0 Å². The number of hydrogen-bond donors (Lipinski definition) is 1. The number of hydrogen-bond acceptors (Lipinski definition) is 7. The highest BCUT2D eigenvalue weighted by atomic mass is 35.5. The molecule has 2 aromatic rings. The summed E-state index contributed by atoms with van der Waals surface area (Å²) in [5.74, 6) is 1.60. The molecular weight excluding hydrogens is 462 g/mol. The van der Waals surface area contributed by atoms with E-state index < -0.39 is 0 Å². The number of aromatic hydroxyl groups is 1. The van der Waals surface area contributed by atoms with E-state index >= 15 is 0 Å². The number of esters is 1. The predicted octanol–water partition coefficient (Wildman–Crippen LogP) is 5.84. The van der Waals surface area contributed by atoms with E-state index in [0.717, 1.165) is 52.4 Å². The van der Waals surface area contributed by atoms with Crippen LogP contribution < -0.4 is 4.74 Å². The number of methoxy groups -OCH3 is 1. The molecule has 33 heavy (non-hydrogen) atoms. The molecule has 180 valence electrons. The number of rotatable bonds is 14. The summed E-state index contributed by atoms with van der Waals surface area (Å²) in [5, 5.41) is 15.1. The molecule has 1 N–H and O–H groups in total. The summed E-state index contributed by atoms with van der Waals surface area (Å²) in [5.41, 5.74) is 2.57. The molecule has 0 aliphatic rings. The van der Waals surface area contributed by atoms with Gasteiger partial charge in [0.2, 0.25) is 0 Å². The monoisotopic (exact) mass is 493 g/mol. The van der Waals surface area contributed by atoms with Crippen molar-refractivity contribution in [2.24, 2.45) is 5.16 Å². The molecule has 0 bridgehead atoms. The van der Waals surface area contributed by atoms with E-state index in [0.29, 0.717) is 30.2 Å². The Morgan fingerprint density at radius 3 is 2.73 bits per heavy atom. The highest BCUT2D eigenvalue weighted by Crippen LogP contribution is 2.34. The van der Waals surface area contributed by atoms with Crippen LogP contribution >= 0.6 is 23.4 Å². The van der Waals surface area contributed by atoms with Gasteiger partial charge in [-0.25, -0.2) is 0 Å². The molecule has 2 aromatic carbocycles. The molecule has 0 unspecified atom stereocenters. The van der Waals surface area contributed by atoms with Gasteiger partial charge in [0, 0.05) is 22.4 Å². The maximum atomic E-state index is 11.4. The van der Waals surface area contributed by atoms with Gasteiger partial charge in [-0.2, -0.15) is 0 Å². The van der Waals surface area contributed by atoms with Crippen LogP contribution in [0.5, 0.6) is 11.5 Å². The van der Waals surface area contributed by atoms with Crippen molar-refractivity contribution in [3.8, 4) is 11.5 Å². The third-order valence-electron chi connectivity index (χ3n) is 4.92. The Kier molecular flexibility index (Phi) is 12.0. The topological polar surface area (TPSA) is 77.4 Å². The first-order valence-electron chi connectivity index (χ1n) is 11.0. The SMILES string of the molecule is CCCc1c(OCCCSc2ccc(CC(=O)OC)cc2Cl)ccc(CCC=NOC)c1O. The van der Waals surface area contributed by atoms with Gasteiger partial charge in [0.1, 0.15) is 18.6 Å². The Labute approximate surface area is 205 Å². The lowest BCUT2D eigenvalue weighted by Gasteiger charge is -2.15. The summed E-state index contributed by atoms with van der Waals surface area (Å²) < 4.78 is 10.7. The fraction of sp³-hybridized carbons (Fsp3) is 0.440. The number of carbonyl (C=O) groups excluding carboxylic acids is 1. The standard InChI is InChI=1S/C25H32ClNO5S/c1-4-7-20-22(11-10-19(25(20)29)8-5-13-27-31-3)32-14-6-15-33-23-12-9-18(16-21(23)26)17-24(28)30-2/h9-13,16,29H,4-8,14-15,17H2,1-3H3. The van der Waals surface area contributed by atoms with E-state index in [1.807, 2.05) is 24.3 Å². The number of nitrogens with zero attached hydrogens (tertiary/aromatic N) is 1. The normalized spacial score (nSPS) is 11.0. The molecule has 0 spiro atoms. The predicted molar refractivity (Wildman–Crippen MR) is 134 cm³/mol. The molecule has 0 heterocycles. The van der Waals surface area contributed by atoms with Crippen LogP contribution in [0.25, 0.3) is 0 Å². The van der Waals surface area contributed by atoms with Crippen molar-refractivity contribution in [2.75, 3.05) is 26.6 Å². The fourth-order valence-electron chi connectivity index (χ4n) is 3.28. The van der Waals surface area contributed by atoms with E-state index in [1.54, 1.807) is 24.0 Å². The van der Waals surface area contributed by atoms with Crippen molar-refractivity contribution in [1.29, 1.82) is 0 Å². The number of carbonyl (C=O) groups is 1. The van der Waals surface area contributed by atoms with E-state index in [-0.39, 0.29) is 12.4 Å². The quantitative estimate of drug-likeness (QED) is 0.117. The van der Waals surface area contributed by atoms with E-state index in [9.17, 15) is 9.90 Å². The molecule has 0 saturated carbocycles. The Morgan fingerprint density at radius 1 is 1.21 bits per heavy atom. The molecule has 0 fully saturated rings. The van der Waals surface area contributed by atoms with Crippen LogP contribution in [0.3, 0.4) is 0 Å². The van der Waals surface area contributed by atoms with E-state index in [4.69, 9.17) is 16.3 Å². The maximum Gasteiger partial charge on any atom is 0.309 e. The molecule has 0 aliphatic carbocycles. The van der Waals surface area contributed by atoms with Crippen LogP contribution in [0.2, 0.25) is 5.02 Å². The minimum absolute atomic E-state index is 0.210. The zero-order valence-electron chi connectivity index (χ0n) is 19.4. The highest BCUT2D eigenvalue weighted by Gasteiger charge is 2.13. The first-order valence-corrected chi connectivity index (χ1v) is 12.4. The summed E-state index contributed by atoms with van der Waals surface area (Å²) in [7, 11) is 2.88. The van der Waals surface area contributed by atoms with Crippen LogP contribution in [0.1, 0.15) is 42.9 Å². The average molecular weight is 494 g/mol. The number of oxime groups is 1. The largest absolute Gasteiger partial charge is 0.507 e. The van der Waals surface area contributed by atoms with Crippen molar-refractivity contribution in [2.45, 2.75) is 50.3 Å². The lowest BCUT2D eigenvalue weighted by Crippen LogP contribution is -2.04. The molecule has 0 aliphatic heterocycles. The number of benzene rings is 2. The van der Waals surface area contributed by atoms with Crippen molar-refractivity contribution >= 4 is 35.5 Å². The second-order valence-electron chi connectivity index (χ2n) is 7.38. The van der Waals surface area contributed by atoms with Gasteiger partial charge >= 0.3 is 5.97 Å². The smallest absolute Gasteiger partial charge is 0.309 e. The number of phenolic OH excluding ortho intramolecular Hbond substituents is 1. The maximum absolute atomic E-state index is 11.4. The lowest BCUT2D eigenvalue weighted by molar-refractivity contribution is -0.139. The van der Waals surface area contributed by atoms with Gasteiger partial charge in [-0.05, 0) is 55.0 Å². The summed E-state index contributed by atoms with van der Waals surface area (Å²) in [6.07, 6.45) is 5.78. The van der Waals surface area contributed by atoms with Gasteiger partial charge in [-0.1, -0.05) is 42.2 Å². The number of phenols is 1. The van der Waals surface area contributed by atoms with E-state index in [1.165, 1.54) is 14.2 Å². The summed E-state index contributed by atoms with van der Waals surface area (Å²) in [6.45, 7) is 2.62. The molecule has 2 rings (SSSR count). The third-order valence-corrected chi connectivity index (χ3v) is 6.51. The second kappa shape index (κ2) is 14.7. The molecule has 8 heteroatoms. The van der Waals surface area contributed by atoms with Crippen LogP contribution in [-0.4, -0.2) is 43.9 Å². The van der Waals surface area contributed by atoms with Gasteiger partial charge < -0.3 is 19.4 Å². The molecule has 0 atom stereocenters. The minimum atomic E-state index is -0.287. The first kappa shape index (κ1) is 26.9. The van der Waals surface area contributed by atoms with Crippen molar-refractivity contribution in [3.05, 3.63) is 52.0 Å². The molecule has 0 amide bonds. The van der Waals surface area contributed by atoms with Crippen molar-refractivity contribution in [3.63, 3.8) is 0 Å². The van der Waals surface area contributed by atoms with Gasteiger partial charge in [-0.15, -0.1) is 11.8 Å². The Balaban J connectivity index is 1.87. The number of thioether (sulfide) groups is 1. The van der Waals surface area contributed by atoms with E-state index in [2.05, 4.69) is 21.7 Å². The zero-order chi connectivity index (χ0) is 24.1. The number of ether oxygens (including phenoxy) is 2. The highest BCUT2D eigenvalue weighted by molar-refractivity contribution is 7.99. The fourth-order valence-corrected chi connectivity index (χ4v) is 4.49. The van der Waals surface area contributed by atoms with Gasteiger partial charge in [0.15, 0.2) is 0 Å². The lowest BCUT2D eigenvalue weighted by atomic mass is 10.0. The first-order chi connectivity index (χ1) is 16.0. The molecule has 0 saturated heterocycles. The third kappa shape index (κ3) is 8.82. The van der Waals surface area contributed by atoms with Crippen LogP contribution in [-0.2, 0) is 33.6 Å². The zero-order valence-corrected chi connectivity index (χ0v) is 21.0. The van der Waals surface area contributed by atoms with Gasteiger partial charge in [0.25, 0.3) is 0 Å². The summed E-state index contributed by atoms with van der Waals surface area (Å²) >= 11 is 8.01. The summed E-state index contributed by atoms with van der Waals surface area (Å²) in [4.78, 5) is 17.0. The molecular formula is C25H32ClNO5S. The Morgan fingerprint density at radius 2 is 2.03 bits per heavy atom. The molecule has 0 radical (unpaired) electrons. The van der Waals surface area contributed by atoms with Gasteiger partial charge in [0.05, 0.1) is 25.2 Å². The molecule has 6 nitrogen and oxygen atoms in total. The van der Waals surface area contributed by atoms with Gasteiger partial charge in [-0.3, -0.25) is 4.79 Å². The number of halogens is 1.